The second-order valence-electron chi connectivity index (χ2n) is 7.65. The molecule has 2 unspecified atom stereocenters. The number of amides is 1. The van der Waals surface area contributed by atoms with Crippen molar-refractivity contribution in [3.63, 3.8) is 0 Å². The van der Waals surface area contributed by atoms with E-state index in [1.807, 2.05) is 30.3 Å². The molecule has 1 saturated heterocycles. The number of aromatic nitrogens is 1. The van der Waals surface area contributed by atoms with Crippen molar-refractivity contribution in [1.82, 2.24) is 9.88 Å². The summed E-state index contributed by atoms with van der Waals surface area (Å²) in [5.74, 6) is -1.06. The molecule has 0 aliphatic carbocycles. The van der Waals surface area contributed by atoms with Crippen LogP contribution in [0.25, 0.3) is 10.9 Å². The fourth-order valence-corrected chi connectivity index (χ4v) is 3.17. The van der Waals surface area contributed by atoms with Gasteiger partial charge in [0, 0.05) is 23.6 Å². The molecule has 0 radical (unpaired) electrons. The number of fused-ring (bicyclic) bond motifs is 1. The largest absolute Gasteiger partial charge is 0.480 e. The second-order valence-corrected chi connectivity index (χ2v) is 7.65. The average Bonchev–Trinajstić information content (AvgIpc) is 3.03. The smallest absolute Gasteiger partial charge is 0.411 e. The van der Waals surface area contributed by atoms with Crippen molar-refractivity contribution in [1.29, 1.82) is 0 Å². The lowest BCUT2D eigenvalue weighted by atomic mass is 10.1. The predicted octanol–water partition coefficient (Wildman–Crippen LogP) is 3.21. The molecular formula is C20H24N2O5. The summed E-state index contributed by atoms with van der Waals surface area (Å²) in [4.78, 5) is 29.5. The molecule has 3 rings (SSSR count). The average molecular weight is 372 g/mol. The SMILES string of the molecule is CC(C)(C)OC(=O)N1CC(OCc2cccc3cccnc23)CC1C(=O)O. The molecule has 7 nitrogen and oxygen atoms in total. The van der Waals surface area contributed by atoms with Crippen LogP contribution in [0.15, 0.2) is 36.5 Å². The van der Waals surface area contributed by atoms with Crippen LogP contribution in [0.4, 0.5) is 4.79 Å². The van der Waals surface area contributed by atoms with E-state index in [0.29, 0.717) is 6.61 Å². The molecule has 27 heavy (non-hydrogen) atoms. The van der Waals surface area contributed by atoms with E-state index in [-0.39, 0.29) is 19.1 Å². The number of para-hydroxylation sites is 1. The maximum absolute atomic E-state index is 12.3. The molecular weight excluding hydrogens is 348 g/mol. The van der Waals surface area contributed by atoms with E-state index < -0.39 is 23.7 Å². The fraction of sp³-hybridized carbons (Fsp3) is 0.450. The van der Waals surface area contributed by atoms with E-state index in [4.69, 9.17) is 9.47 Å². The van der Waals surface area contributed by atoms with E-state index in [0.717, 1.165) is 16.5 Å². The van der Waals surface area contributed by atoms with E-state index in [9.17, 15) is 14.7 Å². The molecule has 0 saturated carbocycles. The van der Waals surface area contributed by atoms with E-state index >= 15 is 0 Å². The summed E-state index contributed by atoms with van der Waals surface area (Å²) in [5.41, 5.74) is 1.10. The number of nitrogens with zero attached hydrogens (tertiary/aromatic N) is 2. The standard InChI is InChI=1S/C20H24N2O5/c1-20(2,3)27-19(25)22-11-15(10-16(22)18(23)24)26-12-14-7-4-6-13-8-5-9-21-17(13)14/h4-9,15-16H,10-12H2,1-3H3,(H,23,24). The molecule has 1 aliphatic heterocycles. The van der Waals surface area contributed by atoms with Gasteiger partial charge in [-0.1, -0.05) is 24.3 Å². The molecule has 7 heteroatoms. The zero-order valence-corrected chi connectivity index (χ0v) is 15.7. The molecule has 144 valence electrons. The van der Waals surface area contributed by atoms with Gasteiger partial charge in [-0.15, -0.1) is 0 Å². The maximum atomic E-state index is 12.3. The summed E-state index contributed by atoms with van der Waals surface area (Å²) in [6.07, 6.45) is 0.948. The van der Waals surface area contributed by atoms with Crippen molar-refractivity contribution in [3.05, 3.63) is 42.1 Å². The number of ether oxygens (including phenoxy) is 2. The zero-order chi connectivity index (χ0) is 19.6. The lowest BCUT2D eigenvalue weighted by Gasteiger charge is -2.26. The summed E-state index contributed by atoms with van der Waals surface area (Å²) < 4.78 is 11.3. The Balaban J connectivity index is 1.69. The Hall–Kier alpha value is -2.67. The molecule has 1 aromatic heterocycles. The number of rotatable bonds is 4. The molecule has 1 amide bonds. The lowest BCUT2D eigenvalue weighted by Crippen LogP contribution is -2.43. The lowest BCUT2D eigenvalue weighted by molar-refractivity contribution is -0.142. The van der Waals surface area contributed by atoms with Crippen molar-refractivity contribution in [3.8, 4) is 0 Å². The van der Waals surface area contributed by atoms with Crippen LogP contribution < -0.4 is 0 Å². The minimum Gasteiger partial charge on any atom is -0.480 e. The van der Waals surface area contributed by atoms with Crippen molar-refractivity contribution < 1.29 is 24.2 Å². The van der Waals surface area contributed by atoms with Gasteiger partial charge in [0.25, 0.3) is 0 Å². The number of carboxylic acids is 1. The van der Waals surface area contributed by atoms with Crippen LogP contribution in [0.3, 0.4) is 0 Å². The first-order valence-corrected chi connectivity index (χ1v) is 8.91. The molecule has 1 aliphatic rings. The third-order valence-electron chi connectivity index (χ3n) is 4.37. The van der Waals surface area contributed by atoms with Crippen LogP contribution in [-0.2, 0) is 20.9 Å². The van der Waals surface area contributed by atoms with Gasteiger partial charge in [0.1, 0.15) is 11.6 Å². The highest BCUT2D eigenvalue weighted by Crippen LogP contribution is 2.25. The van der Waals surface area contributed by atoms with Gasteiger partial charge in [0.2, 0.25) is 0 Å². The summed E-state index contributed by atoms with van der Waals surface area (Å²) >= 11 is 0. The first-order chi connectivity index (χ1) is 12.7. The first-order valence-electron chi connectivity index (χ1n) is 8.91. The summed E-state index contributed by atoms with van der Waals surface area (Å²) in [7, 11) is 0. The van der Waals surface area contributed by atoms with Crippen LogP contribution in [0.1, 0.15) is 32.8 Å². The van der Waals surface area contributed by atoms with Gasteiger partial charge in [-0.25, -0.2) is 9.59 Å². The van der Waals surface area contributed by atoms with Gasteiger partial charge in [-0.2, -0.15) is 0 Å². The second kappa shape index (κ2) is 7.52. The third kappa shape index (κ3) is 4.54. The van der Waals surface area contributed by atoms with E-state index in [1.54, 1.807) is 27.0 Å². The Bertz CT molecular complexity index is 840. The molecule has 1 fully saturated rings. The van der Waals surface area contributed by atoms with Gasteiger partial charge in [-0.3, -0.25) is 9.88 Å². The molecule has 1 N–H and O–H groups in total. The van der Waals surface area contributed by atoms with Gasteiger partial charge < -0.3 is 14.6 Å². The molecule has 0 bridgehead atoms. The molecule has 1 aromatic carbocycles. The van der Waals surface area contributed by atoms with Gasteiger partial charge in [0.05, 0.1) is 24.8 Å². The number of benzene rings is 1. The Labute approximate surface area is 157 Å². The molecule has 2 atom stereocenters. The number of carbonyl (C=O) groups excluding carboxylic acids is 1. The predicted molar refractivity (Wildman–Crippen MR) is 99.3 cm³/mol. The topological polar surface area (TPSA) is 89.0 Å². The molecule has 0 spiro atoms. The highest BCUT2D eigenvalue weighted by molar-refractivity contribution is 5.82. The summed E-state index contributed by atoms with van der Waals surface area (Å²) in [6.45, 7) is 5.73. The fourth-order valence-electron chi connectivity index (χ4n) is 3.17. The normalized spacial score (nSPS) is 20.0. The summed E-state index contributed by atoms with van der Waals surface area (Å²) in [5, 5.41) is 10.5. The number of likely N-dealkylation sites (tertiary alicyclic amines) is 1. The quantitative estimate of drug-likeness (QED) is 0.886. The van der Waals surface area contributed by atoms with Crippen molar-refractivity contribution in [2.24, 2.45) is 0 Å². The Morgan fingerprint density at radius 3 is 2.70 bits per heavy atom. The Morgan fingerprint density at radius 2 is 2.00 bits per heavy atom. The number of carboxylic acid groups (broad SMARTS) is 1. The zero-order valence-electron chi connectivity index (χ0n) is 15.7. The number of pyridine rings is 1. The summed E-state index contributed by atoms with van der Waals surface area (Å²) in [6, 6.07) is 8.75. The van der Waals surface area contributed by atoms with Crippen LogP contribution in [0, 0.1) is 0 Å². The van der Waals surface area contributed by atoms with Crippen LogP contribution >= 0.6 is 0 Å². The Kier molecular flexibility index (Phi) is 5.32. The Morgan fingerprint density at radius 1 is 1.26 bits per heavy atom. The van der Waals surface area contributed by atoms with Crippen LogP contribution in [0.2, 0.25) is 0 Å². The number of hydrogen-bond donors (Lipinski definition) is 1. The van der Waals surface area contributed by atoms with Crippen LogP contribution in [-0.4, -0.2) is 51.3 Å². The number of hydrogen-bond acceptors (Lipinski definition) is 5. The molecule has 2 aromatic rings. The van der Waals surface area contributed by atoms with E-state index in [2.05, 4.69) is 4.98 Å². The van der Waals surface area contributed by atoms with E-state index in [1.165, 1.54) is 4.90 Å². The highest BCUT2D eigenvalue weighted by atomic mass is 16.6. The van der Waals surface area contributed by atoms with Gasteiger partial charge in [-0.05, 0) is 26.8 Å². The first kappa shape index (κ1) is 19.1. The minimum absolute atomic E-state index is 0.185. The highest BCUT2D eigenvalue weighted by Gasteiger charge is 2.42. The monoisotopic (exact) mass is 372 g/mol. The van der Waals surface area contributed by atoms with Crippen molar-refractivity contribution >= 4 is 23.0 Å². The number of aliphatic carboxylic acids is 1. The van der Waals surface area contributed by atoms with Gasteiger partial charge >= 0.3 is 12.1 Å². The molecule has 2 heterocycles. The van der Waals surface area contributed by atoms with Crippen molar-refractivity contribution in [2.75, 3.05) is 6.54 Å². The maximum Gasteiger partial charge on any atom is 0.411 e. The van der Waals surface area contributed by atoms with Gasteiger partial charge in [0.15, 0.2) is 0 Å². The minimum atomic E-state index is -1.06. The van der Waals surface area contributed by atoms with Crippen LogP contribution in [0.5, 0.6) is 0 Å². The third-order valence-corrected chi connectivity index (χ3v) is 4.37. The number of carbonyl (C=O) groups is 2. The van der Waals surface area contributed by atoms with Crippen molar-refractivity contribution in [2.45, 2.75) is 51.5 Å².